The minimum absolute atomic E-state index is 0.278. The summed E-state index contributed by atoms with van der Waals surface area (Å²) in [5.74, 6) is 1.20. The lowest BCUT2D eigenvalue weighted by Gasteiger charge is -2.17. The Labute approximate surface area is 166 Å². The maximum Gasteiger partial charge on any atom is 0.271 e. The van der Waals surface area contributed by atoms with Gasteiger partial charge in [-0.25, -0.2) is 5.43 Å². The molecule has 27 heavy (non-hydrogen) atoms. The highest BCUT2D eigenvalue weighted by Gasteiger charge is 2.15. The lowest BCUT2D eigenvalue weighted by Crippen LogP contribution is -2.18. The number of rotatable bonds is 5. The predicted molar refractivity (Wildman–Crippen MR) is 105 cm³/mol. The van der Waals surface area contributed by atoms with Crippen molar-refractivity contribution in [2.24, 2.45) is 5.10 Å². The fraction of sp³-hybridized carbons (Fsp3) is 0.158. The number of methoxy groups -OCH3 is 2. The van der Waals surface area contributed by atoms with Crippen LogP contribution in [0.4, 0.5) is 0 Å². The van der Waals surface area contributed by atoms with Gasteiger partial charge in [0, 0.05) is 27.8 Å². The molecular formula is C19H16Cl2N2O4. The van der Waals surface area contributed by atoms with Crippen molar-refractivity contribution < 1.29 is 19.0 Å². The standard InChI is InChI=1S/C19H16Cl2N2O4/c1-25-15-5-13(6-16(8-15)26-2)19(24)23-22-9-11-3-12-4-14(20)7-17(21)18(12)27-10-11/h3-9H,10H2,1-2H3,(H,23,24)/b22-9+. The molecule has 0 spiro atoms. The maximum absolute atomic E-state index is 12.3. The van der Waals surface area contributed by atoms with E-state index in [1.807, 2.05) is 6.08 Å². The number of carbonyl (C=O) groups excluding carboxylic acids is 1. The third-order valence-electron chi connectivity index (χ3n) is 3.77. The fourth-order valence-corrected chi connectivity index (χ4v) is 3.05. The van der Waals surface area contributed by atoms with E-state index in [4.69, 9.17) is 37.4 Å². The third kappa shape index (κ3) is 4.53. The number of fused-ring (bicyclic) bond motifs is 1. The number of amides is 1. The number of benzene rings is 2. The second-order valence-corrected chi connectivity index (χ2v) is 6.46. The molecule has 1 amide bonds. The number of nitrogens with zero attached hydrogens (tertiary/aromatic N) is 1. The molecule has 0 radical (unpaired) electrons. The van der Waals surface area contributed by atoms with Gasteiger partial charge in [0.15, 0.2) is 0 Å². The monoisotopic (exact) mass is 406 g/mol. The quantitative estimate of drug-likeness (QED) is 0.596. The molecular weight excluding hydrogens is 391 g/mol. The van der Waals surface area contributed by atoms with Gasteiger partial charge in [-0.05, 0) is 30.3 Å². The molecule has 0 saturated heterocycles. The van der Waals surface area contributed by atoms with E-state index in [-0.39, 0.29) is 6.61 Å². The summed E-state index contributed by atoms with van der Waals surface area (Å²) in [4.78, 5) is 12.3. The van der Waals surface area contributed by atoms with E-state index >= 15 is 0 Å². The zero-order valence-corrected chi connectivity index (χ0v) is 16.1. The van der Waals surface area contributed by atoms with E-state index in [9.17, 15) is 4.79 Å². The van der Waals surface area contributed by atoms with E-state index in [0.717, 1.165) is 11.1 Å². The van der Waals surface area contributed by atoms with Gasteiger partial charge in [0.05, 0.1) is 25.5 Å². The largest absolute Gasteiger partial charge is 0.497 e. The predicted octanol–water partition coefficient (Wildman–Crippen LogP) is 4.20. The van der Waals surface area contributed by atoms with E-state index in [1.165, 1.54) is 20.4 Å². The van der Waals surface area contributed by atoms with Crippen LogP contribution < -0.4 is 19.6 Å². The Morgan fingerprint density at radius 1 is 1.15 bits per heavy atom. The summed E-state index contributed by atoms with van der Waals surface area (Å²) in [7, 11) is 3.03. The van der Waals surface area contributed by atoms with Gasteiger partial charge in [-0.2, -0.15) is 5.10 Å². The SMILES string of the molecule is COc1cc(OC)cc(C(=O)N/N=C/C2=Cc3cc(Cl)cc(Cl)c3OC2)c1. The van der Waals surface area contributed by atoms with Crippen LogP contribution in [0.2, 0.25) is 10.0 Å². The minimum atomic E-state index is -0.396. The van der Waals surface area contributed by atoms with Crippen LogP contribution in [0.3, 0.4) is 0 Å². The van der Waals surface area contributed by atoms with Crippen molar-refractivity contribution in [3.8, 4) is 17.2 Å². The van der Waals surface area contributed by atoms with Crippen molar-refractivity contribution in [1.82, 2.24) is 5.43 Å². The topological polar surface area (TPSA) is 69.2 Å². The molecule has 8 heteroatoms. The smallest absolute Gasteiger partial charge is 0.271 e. The average molecular weight is 407 g/mol. The van der Waals surface area contributed by atoms with Gasteiger partial charge < -0.3 is 14.2 Å². The molecule has 1 heterocycles. The Bertz CT molecular complexity index is 919. The molecule has 0 unspecified atom stereocenters. The molecule has 0 atom stereocenters. The Morgan fingerprint density at radius 3 is 2.52 bits per heavy atom. The summed E-state index contributed by atoms with van der Waals surface area (Å²) in [6, 6.07) is 8.24. The molecule has 3 rings (SSSR count). The zero-order chi connectivity index (χ0) is 19.4. The van der Waals surface area contributed by atoms with Gasteiger partial charge in [-0.1, -0.05) is 23.2 Å². The van der Waals surface area contributed by atoms with Crippen LogP contribution >= 0.6 is 23.2 Å². The summed E-state index contributed by atoms with van der Waals surface area (Å²) in [6.07, 6.45) is 3.36. The van der Waals surface area contributed by atoms with E-state index in [0.29, 0.717) is 32.9 Å². The van der Waals surface area contributed by atoms with E-state index < -0.39 is 5.91 Å². The Kier molecular flexibility index (Phi) is 5.88. The Balaban J connectivity index is 1.72. The normalized spacial score (nSPS) is 12.8. The van der Waals surface area contributed by atoms with Crippen LogP contribution in [-0.4, -0.2) is 32.9 Å². The number of halogens is 2. The molecule has 0 bridgehead atoms. The molecule has 1 aliphatic rings. The molecule has 140 valence electrons. The van der Waals surface area contributed by atoms with Gasteiger partial charge in [-0.15, -0.1) is 0 Å². The highest BCUT2D eigenvalue weighted by Crippen LogP contribution is 2.36. The lowest BCUT2D eigenvalue weighted by atomic mass is 10.1. The van der Waals surface area contributed by atoms with Crippen LogP contribution in [0.15, 0.2) is 41.0 Å². The van der Waals surface area contributed by atoms with Crippen molar-refractivity contribution in [3.05, 3.63) is 57.1 Å². The second kappa shape index (κ2) is 8.33. The van der Waals surface area contributed by atoms with Crippen molar-refractivity contribution in [2.45, 2.75) is 0 Å². The summed E-state index contributed by atoms with van der Waals surface area (Å²) in [5, 5.41) is 4.94. The molecule has 1 aliphatic heterocycles. The van der Waals surface area contributed by atoms with Gasteiger partial charge in [-0.3, -0.25) is 4.79 Å². The molecule has 1 N–H and O–H groups in total. The van der Waals surface area contributed by atoms with Gasteiger partial charge in [0.25, 0.3) is 5.91 Å². The molecule has 0 aromatic heterocycles. The summed E-state index contributed by atoms with van der Waals surface area (Å²) < 4.78 is 15.9. The van der Waals surface area contributed by atoms with Gasteiger partial charge in [0.1, 0.15) is 23.9 Å². The molecule has 6 nitrogen and oxygen atoms in total. The molecule has 2 aromatic rings. The summed E-state index contributed by atoms with van der Waals surface area (Å²) in [5.41, 5.74) is 4.34. The van der Waals surface area contributed by atoms with Crippen molar-refractivity contribution in [1.29, 1.82) is 0 Å². The zero-order valence-electron chi connectivity index (χ0n) is 14.6. The first-order valence-electron chi connectivity index (χ1n) is 7.89. The first kappa shape index (κ1) is 19.1. The third-order valence-corrected chi connectivity index (χ3v) is 4.27. The first-order chi connectivity index (χ1) is 13.0. The number of carbonyl (C=O) groups is 1. The maximum atomic E-state index is 12.3. The molecule has 0 fully saturated rings. The van der Waals surface area contributed by atoms with Crippen LogP contribution in [0.5, 0.6) is 17.2 Å². The number of hydrazone groups is 1. The van der Waals surface area contributed by atoms with Crippen LogP contribution in [0, 0.1) is 0 Å². The molecule has 0 aliphatic carbocycles. The van der Waals surface area contributed by atoms with Crippen LogP contribution in [-0.2, 0) is 0 Å². The lowest BCUT2D eigenvalue weighted by molar-refractivity contribution is 0.0954. The highest BCUT2D eigenvalue weighted by molar-refractivity contribution is 6.36. The van der Waals surface area contributed by atoms with Crippen molar-refractivity contribution >= 4 is 41.4 Å². The van der Waals surface area contributed by atoms with Crippen molar-refractivity contribution in [3.63, 3.8) is 0 Å². The van der Waals surface area contributed by atoms with Gasteiger partial charge in [0.2, 0.25) is 0 Å². The summed E-state index contributed by atoms with van der Waals surface area (Å²) in [6.45, 7) is 0.278. The van der Waals surface area contributed by atoms with Crippen LogP contribution in [0.25, 0.3) is 6.08 Å². The number of hydrogen-bond donors (Lipinski definition) is 1. The number of ether oxygens (including phenoxy) is 3. The highest BCUT2D eigenvalue weighted by atomic mass is 35.5. The molecule has 2 aromatic carbocycles. The van der Waals surface area contributed by atoms with Gasteiger partial charge >= 0.3 is 0 Å². The average Bonchev–Trinajstić information content (AvgIpc) is 2.66. The Hall–Kier alpha value is -2.70. The summed E-state index contributed by atoms with van der Waals surface area (Å²) >= 11 is 12.1. The van der Waals surface area contributed by atoms with Crippen molar-refractivity contribution in [2.75, 3.05) is 20.8 Å². The Morgan fingerprint density at radius 2 is 1.85 bits per heavy atom. The number of nitrogens with one attached hydrogen (secondary N) is 1. The van der Waals surface area contributed by atoms with E-state index in [2.05, 4.69) is 10.5 Å². The van der Waals surface area contributed by atoms with E-state index in [1.54, 1.807) is 30.3 Å². The number of hydrogen-bond acceptors (Lipinski definition) is 5. The molecule has 0 saturated carbocycles. The first-order valence-corrected chi connectivity index (χ1v) is 8.64. The fourth-order valence-electron chi connectivity index (χ4n) is 2.49. The minimum Gasteiger partial charge on any atom is -0.497 e. The second-order valence-electron chi connectivity index (χ2n) is 5.61. The van der Waals surface area contributed by atoms with Crippen LogP contribution in [0.1, 0.15) is 15.9 Å².